The molecule has 0 amide bonds. The molecule has 0 radical (unpaired) electrons. The molecule has 0 aromatic heterocycles. The van der Waals surface area contributed by atoms with E-state index in [1.807, 2.05) is 0 Å². The van der Waals surface area contributed by atoms with Gasteiger partial charge in [0, 0.05) is 0 Å². The van der Waals surface area contributed by atoms with E-state index in [4.69, 9.17) is 11.6 Å². The summed E-state index contributed by atoms with van der Waals surface area (Å²) >= 11 is 5.55. The predicted molar refractivity (Wildman–Crippen MR) is 73.4 cm³/mol. The fourth-order valence-electron chi connectivity index (χ4n) is 1.55. The third-order valence-corrected chi connectivity index (χ3v) is 4.30. The third kappa shape index (κ3) is 3.08. The van der Waals surface area contributed by atoms with Crippen LogP contribution < -0.4 is 4.72 Å². The molecule has 106 valence electrons. The van der Waals surface area contributed by atoms with Gasteiger partial charge in [-0.15, -0.1) is 0 Å². The summed E-state index contributed by atoms with van der Waals surface area (Å²) in [4.78, 5) is -0.201. The molecule has 0 bridgehead atoms. The van der Waals surface area contributed by atoms with Crippen molar-refractivity contribution in [2.45, 2.75) is 11.8 Å². The zero-order valence-electron chi connectivity index (χ0n) is 10.3. The maximum Gasteiger partial charge on any atom is 0.261 e. The second kappa shape index (κ2) is 5.38. The maximum atomic E-state index is 13.1. The summed E-state index contributed by atoms with van der Waals surface area (Å²) in [7, 11) is -3.96. The summed E-state index contributed by atoms with van der Waals surface area (Å²) in [6.07, 6.45) is 0. The quantitative estimate of drug-likeness (QED) is 0.937. The Hall–Kier alpha value is -1.66. The number of rotatable bonds is 3. The molecule has 0 aliphatic carbocycles. The van der Waals surface area contributed by atoms with Crippen molar-refractivity contribution in [3.63, 3.8) is 0 Å². The van der Waals surface area contributed by atoms with Crippen LogP contribution in [0.3, 0.4) is 0 Å². The summed E-state index contributed by atoms with van der Waals surface area (Å²) in [6, 6.07) is 6.77. The van der Waals surface area contributed by atoms with Crippen molar-refractivity contribution < 1.29 is 17.2 Å². The van der Waals surface area contributed by atoms with E-state index in [0.717, 1.165) is 24.3 Å². The SMILES string of the molecule is Cc1ccc(F)cc1NS(=O)(=O)c1ccc(F)c(Cl)c1. The number of hydrogen-bond donors (Lipinski definition) is 1. The van der Waals surface area contributed by atoms with Crippen LogP contribution in [0.15, 0.2) is 41.3 Å². The number of halogens is 3. The van der Waals surface area contributed by atoms with Gasteiger partial charge in [-0.2, -0.15) is 0 Å². The zero-order valence-corrected chi connectivity index (χ0v) is 11.9. The van der Waals surface area contributed by atoms with E-state index in [-0.39, 0.29) is 15.6 Å². The Kier molecular flexibility index (Phi) is 3.96. The Morgan fingerprint density at radius 2 is 1.80 bits per heavy atom. The lowest BCUT2D eigenvalue weighted by Gasteiger charge is -2.11. The highest BCUT2D eigenvalue weighted by Gasteiger charge is 2.17. The standard InChI is InChI=1S/C13H10ClF2NO2S/c1-8-2-3-9(15)6-13(8)17-20(18,19)10-4-5-12(16)11(14)7-10/h2-7,17H,1H3. The fourth-order valence-corrected chi connectivity index (χ4v) is 2.94. The van der Waals surface area contributed by atoms with E-state index in [9.17, 15) is 17.2 Å². The minimum Gasteiger partial charge on any atom is -0.279 e. The van der Waals surface area contributed by atoms with Gasteiger partial charge >= 0.3 is 0 Å². The molecule has 0 unspecified atom stereocenters. The Balaban J connectivity index is 2.40. The first-order chi connectivity index (χ1) is 9.29. The van der Waals surface area contributed by atoms with Crippen molar-refractivity contribution in [1.29, 1.82) is 0 Å². The summed E-state index contributed by atoms with van der Waals surface area (Å²) in [5.74, 6) is -1.28. The molecule has 2 rings (SSSR count). The van der Waals surface area contributed by atoms with Crippen molar-refractivity contribution in [2.75, 3.05) is 4.72 Å². The number of sulfonamides is 1. The van der Waals surface area contributed by atoms with Crippen molar-refractivity contribution in [1.82, 2.24) is 0 Å². The molecule has 0 atom stereocenters. The summed E-state index contributed by atoms with van der Waals surface area (Å²) in [5.41, 5.74) is 0.675. The fraction of sp³-hybridized carbons (Fsp3) is 0.0769. The van der Waals surface area contributed by atoms with Gasteiger partial charge in [0.2, 0.25) is 0 Å². The molecule has 0 saturated carbocycles. The smallest absolute Gasteiger partial charge is 0.261 e. The number of aryl methyl sites for hydroxylation is 1. The lowest BCUT2D eigenvalue weighted by molar-refractivity contribution is 0.599. The van der Waals surface area contributed by atoms with E-state index in [2.05, 4.69) is 4.72 Å². The van der Waals surface area contributed by atoms with Gasteiger partial charge in [-0.05, 0) is 42.8 Å². The Morgan fingerprint density at radius 1 is 1.10 bits per heavy atom. The molecule has 20 heavy (non-hydrogen) atoms. The van der Waals surface area contributed by atoms with Crippen LogP contribution in [-0.4, -0.2) is 8.42 Å². The first-order valence-electron chi connectivity index (χ1n) is 5.53. The van der Waals surface area contributed by atoms with Crippen LogP contribution in [0.4, 0.5) is 14.5 Å². The van der Waals surface area contributed by atoms with Crippen molar-refractivity contribution >= 4 is 27.3 Å². The van der Waals surface area contributed by atoms with E-state index in [1.54, 1.807) is 6.92 Å². The van der Waals surface area contributed by atoms with Gasteiger partial charge in [0.05, 0.1) is 15.6 Å². The van der Waals surface area contributed by atoms with Crippen LogP contribution in [0.1, 0.15) is 5.56 Å². The van der Waals surface area contributed by atoms with Crippen molar-refractivity contribution in [2.24, 2.45) is 0 Å². The van der Waals surface area contributed by atoms with Crippen LogP contribution in [-0.2, 0) is 10.0 Å². The van der Waals surface area contributed by atoms with E-state index in [0.29, 0.717) is 5.56 Å². The van der Waals surface area contributed by atoms with Crippen LogP contribution in [0.25, 0.3) is 0 Å². The number of anilines is 1. The highest BCUT2D eigenvalue weighted by Crippen LogP contribution is 2.23. The Bertz CT molecular complexity index is 763. The number of nitrogens with one attached hydrogen (secondary N) is 1. The first-order valence-corrected chi connectivity index (χ1v) is 7.40. The minimum absolute atomic E-state index is 0.116. The molecule has 1 N–H and O–H groups in total. The van der Waals surface area contributed by atoms with Crippen molar-refractivity contribution in [3.05, 3.63) is 58.6 Å². The summed E-state index contributed by atoms with van der Waals surface area (Å²) in [5, 5.41) is -0.302. The van der Waals surface area contributed by atoms with Gasteiger partial charge < -0.3 is 0 Å². The van der Waals surface area contributed by atoms with Crippen LogP contribution >= 0.6 is 11.6 Å². The van der Waals surface area contributed by atoms with Gasteiger partial charge in [0.25, 0.3) is 10.0 Å². The van der Waals surface area contributed by atoms with Crippen molar-refractivity contribution in [3.8, 4) is 0 Å². The third-order valence-electron chi connectivity index (χ3n) is 2.65. The van der Waals surface area contributed by atoms with E-state index in [1.165, 1.54) is 12.1 Å². The molecule has 0 spiro atoms. The van der Waals surface area contributed by atoms with Gasteiger partial charge in [-0.25, -0.2) is 17.2 Å². The lowest BCUT2D eigenvalue weighted by Crippen LogP contribution is -2.14. The molecular formula is C13H10ClF2NO2S. The molecule has 0 heterocycles. The van der Waals surface area contributed by atoms with Gasteiger partial charge in [0.15, 0.2) is 0 Å². The highest BCUT2D eigenvalue weighted by molar-refractivity contribution is 7.92. The second-order valence-corrected chi connectivity index (χ2v) is 6.23. The monoisotopic (exact) mass is 317 g/mol. The molecule has 2 aromatic carbocycles. The summed E-state index contributed by atoms with van der Waals surface area (Å²) in [6.45, 7) is 1.63. The van der Waals surface area contributed by atoms with Gasteiger partial charge in [-0.3, -0.25) is 4.72 Å². The largest absolute Gasteiger partial charge is 0.279 e. The van der Waals surface area contributed by atoms with E-state index >= 15 is 0 Å². The van der Waals surface area contributed by atoms with Crippen LogP contribution in [0, 0.1) is 18.6 Å². The minimum atomic E-state index is -3.96. The normalized spacial score (nSPS) is 11.4. The Labute approximate surface area is 120 Å². The number of hydrogen-bond acceptors (Lipinski definition) is 2. The second-order valence-electron chi connectivity index (χ2n) is 4.14. The average Bonchev–Trinajstić information content (AvgIpc) is 2.36. The van der Waals surface area contributed by atoms with Gasteiger partial charge in [0.1, 0.15) is 11.6 Å². The molecule has 0 saturated heterocycles. The molecule has 0 fully saturated rings. The first kappa shape index (κ1) is 14.7. The average molecular weight is 318 g/mol. The van der Waals surface area contributed by atoms with Crippen LogP contribution in [0.2, 0.25) is 5.02 Å². The molecule has 3 nitrogen and oxygen atoms in total. The molecular weight excluding hydrogens is 308 g/mol. The highest BCUT2D eigenvalue weighted by atomic mass is 35.5. The summed E-state index contributed by atoms with van der Waals surface area (Å²) < 4.78 is 52.6. The zero-order chi connectivity index (χ0) is 14.9. The van der Waals surface area contributed by atoms with Gasteiger partial charge in [-0.1, -0.05) is 17.7 Å². The predicted octanol–water partition coefficient (Wildman–Crippen LogP) is 3.73. The number of benzene rings is 2. The van der Waals surface area contributed by atoms with E-state index < -0.39 is 21.7 Å². The molecule has 7 heteroatoms. The molecule has 2 aromatic rings. The Morgan fingerprint density at radius 3 is 2.45 bits per heavy atom. The van der Waals surface area contributed by atoms with Crippen LogP contribution in [0.5, 0.6) is 0 Å². The molecule has 0 aliphatic heterocycles. The molecule has 0 aliphatic rings. The maximum absolute atomic E-state index is 13.1. The topological polar surface area (TPSA) is 46.2 Å². The lowest BCUT2D eigenvalue weighted by atomic mass is 10.2.